The Morgan fingerprint density at radius 3 is 2.00 bits per heavy atom. The van der Waals surface area contributed by atoms with Crippen LogP contribution in [0.25, 0.3) is 11.1 Å². The van der Waals surface area contributed by atoms with E-state index in [1.807, 2.05) is 0 Å². The standard InChI is InChI=1S/C13H8F4/c1-7-4-10(13(17)6-11(7)15)9-3-2-8(14)5-12(9)16/h2-6H,1H3. The van der Waals surface area contributed by atoms with Crippen molar-refractivity contribution in [2.75, 3.05) is 0 Å². The van der Waals surface area contributed by atoms with Gasteiger partial charge in [-0.15, -0.1) is 0 Å². The van der Waals surface area contributed by atoms with Crippen LogP contribution in [0.2, 0.25) is 0 Å². The summed E-state index contributed by atoms with van der Waals surface area (Å²) in [5.41, 5.74) is 0.0264. The second-order valence-corrected chi connectivity index (χ2v) is 3.71. The van der Waals surface area contributed by atoms with Crippen LogP contribution in [0, 0.1) is 30.2 Å². The van der Waals surface area contributed by atoms with Crippen LogP contribution in [0.4, 0.5) is 17.6 Å². The zero-order valence-electron chi connectivity index (χ0n) is 8.90. The minimum absolute atomic E-state index is 0.0820. The molecule has 0 aliphatic rings. The summed E-state index contributed by atoms with van der Waals surface area (Å²) in [7, 11) is 0. The SMILES string of the molecule is Cc1cc(-c2ccc(F)cc2F)c(F)cc1F. The van der Waals surface area contributed by atoms with E-state index in [9.17, 15) is 17.6 Å². The van der Waals surface area contributed by atoms with E-state index in [-0.39, 0.29) is 16.7 Å². The molecule has 17 heavy (non-hydrogen) atoms. The molecular formula is C13H8F4. The van der Waals surface area contributed by atoms with Crippen LogP contribution < -0.4 is 0 Å². The Hall–Kier alpha value is -1.84. The van der Waals surface area contributed by atoms with Gasteiger partial charge in [0.15, 0.2) is 0 Å². The van der Waals surface area contributed by atoms with Crippen LogP contribution in [-0.4, -0.2) is 0 Å². The Morgan fingerprint density at radius 2 is 1.35 bits per heavy atom. The van der Waals surface area contributed by atoms with Crippen LogP contribution in [-0.2, 0) is 0 Å². The van der Waals surface area contributed by atoms with Crippen molar-refractivity contribution in [3.8, 4) is 11.1 Å². The molecule has 0 saturated heterocycles. The molecule has 0 aliphatic carbocycles. The van der Waals surface area contributed by atoms with E-state index >= 15 is 0 Å². The average Bonchev–Trinajstić information content (AvgIpc) is 2.24. The van der Waals surface area contributed by atoms with Crippen molar-refractivity contribution in [3.63, 3.8) is 0 Å². The van der Waals surface area contributed by atoms with Gasteiger partial charge in [-0.1, -0.05) is 0 Å². The van der Waals surface area contributed by atoms with Gasteiger partial charge in [0.1, 0.15) is 23.3 Å². The maximum Gasteiger partial charge on any atom is 0.134 e. The molecule has 0 amide bonds. The van der Waals surface area contributed by atoms with E-state index in [4.69, 9.17) is 0 Å². The molecule has 0 spiro atoms. The minimum Gasteiger partial charge on any atom is -0.207 e. The predicted octanol–water partition coefficient (Wildman–Crippen LogP) is 4.22. The molecule has 0 bridgehead atoms. The predicted molar refractivity (Wildman–Crippen MR) is 56.4 cm³/mol. The molecule has 2 aromatic carbocycles. The molecule has 0 nitrogen and oxygen atoms in total. The first-order valence-corrected chi connectivity index (χ1v) is 4.90. The van der Waals surface area contributed by atoms with E-state index in [0.717, 1.165) is 12.1 Å². The Kier molecular flexibility index (Phi) is 2.88. The smallest absolute Gasteiger partial charge is 0.134 e. The van der Waals surface area contributed by atoms with Crippen molar-refractivity contribution >= 4 is 0 Å². The summed E-state index contributed by atoms with van der Waals surface area (Å²) in [6.07, 6.45) is 0. The van der Waals surface area contributed by atoms with Gasteiger partial charge in [0.05, 0.1) is 0 Å². The lowest BCUT2D eigenvalue weighted by molar-refractivity contribution is 0.572. The fourth-order valence-corrected chi connectivity index (χ4v) is 1.57. The zero-order chi connectivity index (χ0) is 12.6. The molecule has 88 valence electrons. The first kappa shape index (κ1) is 11.6. The van der Waals surface area contributed by atoms with Gasteiger partial charge in [-0.2, -0.15) is 0 Å². The monoisotopic (exact) mass is 240 g/mol. The van der Waals surface area contributed by atoms with Crippen LogP contribution in [0.5, 0.6) is 0 Å². The molecule has 0 heterocycles. The summed E-state index contributed by atoms with van der Waals surface area (Å²) in [4.78, 5) is 0. The molecule has 0 aromatic heterocycles. The Morgan fingerprint density at radius 1 is 0.706 bits per heavy atom. The highest BCUT2D eigenvalue weighted by atomic mass is 19.1. The highest BCUT2D eigenvalue weighted by Gasteiger charge is 2.13. The van der Waals surface area contributed by atoms with Crippen LogP contribution >= 0.6 is 0 Å². The van der Waals surface area contributed by atoms with Gasteiger partial charge < -0.3 is 0 Å². The summed E-state index contributed by atoms with van der Waals surface area (Å²) in [5.74, 6) is -3.20. The van der Waals surface area contributed by atoms with E-state index in [0.29, 0.717) is 12.1 Å². The van der Waals surface area contributed by atoms with Crippen molar-refractivity contribution in [1.29, 1.82) is 0 Å². The molecule has 2 aromatic rings. The van der Waals surface area contributed by atoms with E-state index in [2.05, 4.69) is 0 Å². The fourth-order valence-electron chi connectivity index (χ4n) is 1.57. The Labute approximate surface area is 95.5 Å². The number of rotatable bonds is 1. The maximum atomic E-state index is 13.5. The van der Waals surface area contributed by atoms with Crippen LogP contribution in [0.15, 0.2) is 30.3 Å². The van der Waals surface area contributed by atoms with Gasteiger partial charge in [0, 0.05) is 23.3 Å². The maximum absolute atomic E-state index is 13.5. The minimum atomic E-state index is -0.880. The molecule has 4 heteroatoms. The number of aryl methyl sites for hydroxylation is 1. The molecule has 0 saturated carbocycles. The number of benzene rings is 2. The first-order chi connectivity index (χ1) is 7.99. The molecule has 0 atom stereocenters. The Bertz CT molecular complexity index is 576. The normalized spacial score (nSPS) is 10.6. The molecular weight excluding hydrogens is 232 g/mol. The number of halogens is 4. The van der Waals surface area contributed by atoms with Crippen LogP contribution in [0.3, 0.4) is 0 Å². The summed E-state index contributed by atoms with van der Waals surface area (Å²) < 4.78 is 52.7. The van der Waals surface area contributed by atoms with Crippen molar-refractivity contribution in [1.82, 2.24) is 0 Å². The molecule has 0 aliphatic heterocycles. The van der Waals surface area contributed by atoms with Crippen molar-refractivity contribution in [3.05, 3.63) is 59.2 Å². The summed E-state index contributed by atoms with van der Waals surface area (Å²) in [6.45, 7) is 1.44. The highest BCUT2D eigenvalue weighted by Crippen LogP contribution is 2.28. The van der Waals surface area contributed by atoms with E-state index < -0.39 is 23.3 Å². The van der Waals surface area contributed by atoms with Crippen molar-refractivity contribution < 1.29 is 17.6 Å². The fraction of sp³-hybridized carbons (Fsp3) is 0.0769. The molecule has 0 radical (unpaired) electrons. The van der Waals surface area contributed by atoms with Gasteiger partial charge in [-0.05, 0) is 30.7 Å². The van der Waals surface area contributed by atoms with E-state index in [1.54, 1.807) is 0 Å². The lowest BCUT2D eigenvalue weighted by Gasteiger charge is -2.07. The highest BCUT2D eigenvalue weighted by molar-refractivity contribution is 5.65. The number of hydrogen-bond acceptors (Lipinski definition) is 0. The largest absolute Gasteiger partial charge is 0.207 e. The van der Waals surface area contributed by atoms with Gasteiger partial charge in [0.25, 0.3) is 0 Å². The second kappa shape index (κ2) is 4.20. The molecule has 0 fully saturated rings. The van der Waals surface area contributed by atoms with Crippen molar-refractivity contribution in [2.24, 2.45) is 0 Å². The molecule has 0 unspecified atom stereocenters. The summed E-state index contributed by atoms with van der Waals surface area (Å²) in [5, 5.41) is 0. The van der Waals surface area contributed by atoms with Crippen molar-refractivity contribution in [2.45, 2.75) is 6.92 Å². The topological polar surface area (TPSA) is 0 Å². The first-order valence-electron chi connectivity index (χ1n) is 4.90. The lowest BCUT2D eigenvalue weighted by atomic mass is 10.0. The second-order valence-electron chi connectivity index (χ2n) is 3.71. The van der Waals surface area contributed by atoms with Gasteiger partial charge >= 0.3 is 0 Å². The Balaban J connectivity index is 2.64. The third kappa shape index (κ3) is 2.16. The van der Waals surface area contributed by atoms with Gasteiger partial charge in [-0.3, -0.25) is 0 Å². The summed E-state index contributed by atoms with van der Waals surface area (Å²) in [6, 6.07) is 4.69. The van der Waals surface area contributed by atoms with E-state index in [1.165, 1.54) is 13.0 Å². The lowest BCUT2D eigenvalue weighted by Crippen LogP contribution is -1.93. The third-order valence-electron chi connectivity index (χ3n) is 2.47. The summed E-state index contributed by atoms with van der Waals surface area (Å²) >= 11 is 0. The van der Waals surface area contributed by atoms with Gasteiger partial charge in [0.2, 0.25) is 0 Å². The zero-order valence-corrected chi connectivity index (χ0v) is 8.90. The van der Waals surface area contributed by atoms with Gasteiger partial charge in [-0.25, -0.2) is 17.6 Å². The van der Waals surface area contributed by atoms with Crippen LogP contribution in [0.1, 0.15) is 5.56 Å². The molecule has 0 N–H and O–H groups in total. The number of hydrogen-bond donors (Lipinski definition) is 0. The average molecular weight is 240 g/mol. The quantitative estimate of drug-likeness (QED) is 0.655. The molecule has 2 rings (SSSR count). The third-order valence-corrected chi connectivity index (χ3v) is 2.47.